The van der Waals surface area contributed by atoms with Gasteiger partial charge in [0.1, 0.15) is 5.60 Å². The second-order valence-electron chi connectivity index (χ2n) is 9.57. The molecular weight excluding hydrogens is 366 g/mol. The Balaban J connectivity index is 1.41. The molecule has 0 N–H and O–H groups in total. The molecule has 2 amide bonds. The van der Waals surface area contributed by atoms with Gasteiger partial charge in [-0.1, -0.05) is 12.5 Å². The molecule has 4 rings (SSSR count). The predicted octanol–water partition coefficient (Wildman–Crippen LogP) is 3.29. The summed E-state index contributed by atoms with van der Waals surface area (Å²) in [5.74, 6) is 0.146. The average molecular weight is 400 g/mol. The SMILES string of the molecule is CC(C)(C)OC(=O)N1CCc2cc(C(=O)N3CCN4CCCCC4C3)ccc2C1. The number of carbonyl (C=O) groups is 2. The Morgan fingerprint density at radius 2 is 1.83 bits per heavy atom. The molecule has 158 valence electrons. The molecule has 1 unspecified atom stereocenters. The monoisotopic (exact) mass is 399 g/mol. The molecule has 0 bridgehead atoms. The van der Waals surface area contributed by atoms with Gasteiger partial charge in [0, 0.05) is 44.3 Å². The van der Waals surface area contributed by atoms with Crippen LogP contribution in [0.2, 0.25) is 0 Å². The molecule has 3 aliphatic heterocycles. The van der Waals surface area contributed by atoms with E-state index in [1.54, 1.807) is 4.90 Å². The third-order valence-electron chi connectivity index (χ3n) is 6.24. The average Bonchev–Trinajstić information content (AvgIpc) is 2.70. The number of amides is 2. The first-order valence-electron chi connectivity index (χ1n) is 10.9. The number of carbonyl (C=O) groups excluding carboxylic acids is 2. The van der Waals surface area contributed by atoms with Gasteiger partial charge in [0.25, 0.3) is 5.91 Å². The lowest BCUT2D eigenvalue weighted by atomic mass is 9.96. The standard InChI is InChI=1S/C23H33N3O3/c1-23(2,3)29-22(28)26-11-9-17-14-18(7-8-19(17)15-26)21(27)25-13-12-24-10-5-4-6-20(24)16-25/h7-8,14,20H,4-6,9-13,15-16H2,1-3H3. The van der Waals surface area contributed by atoms with Gasteiger partial charge in [-0.05, 0) is 69.8 Å². The zero-order chi connectivity index (χ0) is 20.6. The highest BCUT2D eigenvalue weighted by atomic mass is 16.6. The summed E-state index contributed by atoms with van der Waals surface area (Å²) in [6.07, 6.45) is 4.25. The first-order valence-corrected chi connectivity index (χ1v) is 10.9. The molecule has 3 heterocycles. The Hall–Kier alpha value is -2.08. The fraction of sp³-hybridized carbons (Fsp3) is 0.652. The van der Waals surface area contributed by atoms with E-state index < -0.39 is 5.60 Å². The number of nitrogens with zero attached hydrogens (tertiary/aromatic N) is 3. The van der Waals surface area contributed by atoms with Crippen molar-refractivity contribution in [2.75, 3.05) is 32.7 Å². The van der Waals surface area contributed by atoms with E-state index in [2.05, 4.69) is 4.90 Å². The third kappa shape index (κ3) is 4.58. The zero-order valence-electron chi connectivity index (χ0n) is 17.9. The molecule has 1 atom stereocenters. The number of hydrogen-bond donors (Lipinski definition) is 0. The van der Waals surface area contributed by atoms with Crippen molar-refractivity contribution >= 4 is 12.0 Å². The Labute approximate surface area is 173 Å². The summed E-state index contributed by atoms with van der Waals surface area (Å²) < 4.78 is 5.50. The maximum atomic E-state index is 13.1. The lowest BCUT2D eigenvalue weighted by molar-refractivity contribution is 0.0223. The van der Waals surface area contributed by atoms with E-state index in [4.69, 9.17) is 4.74 Å². The van der Waals surface area contributed by atoms with Crippen molar-refractivity contribution in [2.45, 2.75) is 64.6 Å². The molecule has 1 aromatic rings. The Bertz CT molecular complexity index is 786. The molecule has 0 saturated carbocycles. The van der Waals surface area contributed by atoms with Crippen molar-refractivity contribution < 1.29 is 14.3 Å². The van der Waals surface area contributed by atoms with Crippen LogP contribution in [0.25, 0.3) is 0 Å². The van der Waals surface area contributed by atoms with Crippen molar-refractivity contribution in [2.24, 2.45) is 0 Å². The van der Waals surface area contributed by atoms with Crippen LogP contribution < -0.4 is 0 Å². The molecule has 1 aromatic carbocycles. The number of ether oxygens (including phenoxy) is 1. The number of benzene rings is 1. The normalized spacial score (nSPS) is 22.7. The molecule has 2 fully saturated rings. The minimum absolute atomic E-state index is 0.146. The highest BCUT2D eigenvalue weighted by molar-refractivity contribution is 5.94. The first kappa shape index (κ1) is 20.2. The van der Waals surface area contributed by atoms with Gasteiger partial charge in [0.05, 0.1) is 0 Å². The van der Waals surface area contributed by atoms with Crippen molar-refractivity contribution in [1.82, 2.24) is 14.7 Å². The van der Waals surface area contributed by atoms with Crippen molar-refractivity contribution in [3.05, 3.63) is 34.9 Å². The number of rotatable bonds is 1. The van der Waals surface area contributed by atoms with E-state index in [1.165, 1.54) is 31.4 Å². The number of piperazine rings is 1. The quantitative estimate of drug-likeness (QED) is 0.727. The van der Waals surface area contributed by atoms with E-state index in [0.717, 1.165) is 37.2 Å². The maximum Gasteiger partial charge on any atom is 0.410 e. The zero-order valence-corrected chi connectivity index (χ0v) is 17.9. The van der Waals surface area contributed by atoms with Crippen molar-refractivity contribution in [1.29, 1.82) is 0 Å². The van der Waals surface area contributed by atoms with E-state index >= 15 is 0 Å². The lowest BCUT2D eigenvalue weighted by Crippen LogP contribution is -2.56. The summed E-state index contributed by atoms with van der Waals surface area (Å²) in [7, 11) is 0. The fourth-order valence-electron chi connectivity index (χ4n) is 4.69. The Morgan fingerprint density at radius 1 is 1.00 bits per heavy atom. The topological polar surface area (TPSA) is 53.1 Å². The van der Waals surface area contributed by atoms with Crippen molar-refractivity contribution in [3.8, 4) is 0 Å². The molecule has 0 aromatic heterocycles. The van der Waals surface area contributed by atoms with Crippen LogP contribution in [0.4, 0.5) is 4.79 Å². The molecular formula is C23H33N3O3. The van der Waals surface area contributed by atoms with Crippen LogP contribution in [0.3, 0.4) is 0 Å². The Morgan fingerprint density at radius 3 is 2.62 bits per heavy atom. The summed E-state index contributed by atoms with van der Waals surface area (Å²) in [5.41, 5.74) is 2.57. The lowest BCUT2D eigenvalue weighted by Gasteiger charge is -2.44. The second kappa shape index (κ2) is 7.98. The highest BCUT2D eigenvalue weighted by Crippen LogP contribution is 2.25. The molecule has 6 heteroatoms. The summed E-state index contributed by atoms with van der Waals surface area (Å²) >= 11 is 0. The van der Waals surface area contributed by atoms with Crippen LogP contribution in [0.5, 0.6) is 0 Å². The third-order valence-corrected chi connectivity index (χ3v) is 6.24. The highest BCUT2D eigenvalue weighted by Gasteiger charge is 2.32. The van der Waals surface area contributed by atoms with Gasteiger partial charge in [-0.2, -0.15) is 0 Å². The molecule has 2 saturated heterocycles. The maximum absolute atomic E-state index is 13.1. The van der Waals surface area contributed by atoms with Gasteiger partial charge in [-0.15, -0.1) is 0 Å². The number of piperidine rings is 1. The minimum atomic E-state index is -0.490. The van der Waals surface area contributed by atoms with Crippen LogP contribution >= 0.6 is 0 Å². The van der Waals surface area contributed by atoms with E-state index in [9.17, 15) is 9.59 Å². The van der Waals surface area contributed by atoms with Crippen molar-refractivity contribution in [3.63, 3.8) is 0 Å². The molecule has 6 nitrogen and oxygen atoms in total. The van der Waals surface area contributed by atoms with Gasteiger partial charge in [-0.25, -0.2) is 4.79 Å². The van der Waals surface area contributed by atoms with Crippen LogP contribution in [0.15, 0.2) is 18.2 Å². The van der Waals surface area contributed by atoms with Crippen LogP contribution in [0, 0.1) is 0 Å². The minimum Gasteiger partial charge on any atom is -0.444 e. The van der Waals surface area contributed by atoms with Gasteiger partial charge in [-0.3, -0.25) is 9.69 Å². The van der Waals surface area contributed by atoms with Crippen LogP contribution in [-0.2, 0) is 17.7 Å². The van der Waals surface area contributed by atoms with E-state index in [-0.39, 0.29) is 12.0 Å². The molecule has 0 radical (unpaired) electrons. The predicted molar refractivity (Wildman–Crippen MR) is 112 cm³/mol. The largest absolute Gasteiger partial charge is 0.444 e. The molecule has 3 aliphatic rings. The van der Waals surface area contributed by atoms with E-state index in [0.29, 0.717) is 19.1 Å². The van der Waals surface area contributed by atoms with Crippen LogP contribution in [0.1, 0.15) is 61.5 Å². The molecule has 0 spiro atoms. The summed E-state index contributed by atoms with van der Waals surface area (Å²) in [6.45, 7) is 10.7. The summed E-state index contributed by atoms with van der Waals surface area (Å²) in [6, 6.07) is 6.50. The fourth-order valence-corrected chi connectivity index (χ4v) is 4.69. The summed E-state index contributed by atoms with van der Waals surface area (Å²) in [5, 5.41) is 0. The first-order chi connectivity index (χ1) is 13.8. The van der Waals surface area contributed by atoms with E-state index in [1.807, 2.05) is 43.9 Å². The number of fused-ring (bicyclic) bond motifs is 2. The second-order valence-corrected chi connectivity index (χ2v) is 9.57. The smallest absolute Gasteiger partial charge is 0.410 e. The van der Waals surface area contributed by atoms with Gasteiger partial charge in [0.15, 0.2) is 0 Å². The van der Waals surface area contributed by atoms with Gasteiger partial charge < -0.3 is 14.5 Å². The molecule has 29 heavy (non-hydrogen) atoms. The van der Waals surface area contributed by atoms with Gasteiger partial charge >= 0.3 is 6.09 Å². The Kier molecular flexibility index (Phi) is 5.56. The van der Waals surface area contributed by atoms with Gasteiger partial charge in [0.2, 0.25) is 0 Å². The molecule has 0 aliphatic carbocycles. The number of hydrogen-bond acceptors (Lipinski definition) is 4. The summed E-state index contributed by atoms with van der Waals surface area (Å²) in [4.78, 5) is 31.8. The van der Waals surface area contributed by atoms with Crippen LogP contribution in [-0.4, -0.2) is 71.1 Å².